The fourth-order valence-corrected chi connectivity index (χ4v) is 13.0. The average molecular weight is 1150 g/mol. The molecule has 0 aromatic heterocycles. The van der Waals surface area contributed by atoms with Crippen LogP contribution in [-0.4, -0.2) is 67.4 Å². The lowest BCUT2D eigenvalue weighted by atomic mass is 9.70. The smallest absolute Gasteiger partial charge is 0.192 e. The summed E-state index contributed by atoms with van der Waals surface area (Å²) in [6, 6.07) is 31.7. The van der Waals surface area contributed by atoms with Crippen molar-refractivity contribution in [3.8, 4) is 0 Å². The molecule has 0 aliphatic carbocycles. The van der Waals surface area contributed by atoms with Crippen molar-refractivity contribution in [1.82, 2.24) is 0 Å². The fourth-order valence-electron chi connectivity index (χ4n) is 8.76. The van der Waals surface area contributed by atoms with E-state index in [1.54, 1.807) is 0 Å². The molecule has 0 bridgehead atoms. The number of hydrogen-bond acceptors (Lipinski definition) is 6. The highest BCUT2D eigenvalue weighted by atomic mass is 127. The molecule has 3 aromatic rings. The zero-order chi connectivity index (χ0) is 54.6. The molecule has 10 heteroatoms. The van der Waals surface area contributed by atoms with Crippen molar-refractivity contribution in [2.45, 2.75) is 207 Å². The molecular formula is C62H99IO6Si3. The first-order chi connectivity index (χ1) is 33.2. The Bertz CT molecular complexity index is 2090. The van der Waals surface area contributed by atoms with Gasteiger partial charge in [0.15, 0.2) is 25.0 Å². The Morgan fingerprint density at radius 2 is 1.14 bits per heavy atom. The number of aliphatic hydroxyl groups is 1. The molecule has 0 amide bonds. The highest BCUT2D eigenvalue weighted by molar-refractivity contribution is 14.1. The first kappa shape index (κ1) is 64.0. The number of ether oxygens (including phenoxy) is 1. The van der Waals surface area contributed by atoms with Gasteiger partial charge in [-0.2, -0.15) is 0 Å². The maximum Gasteiger partial charge on any atom is 0.192 e. The number of carbonyl (C=O) groups excluding carboxylic acids is 1. The molecular weight excluding hydrogens is 1050 g/mol. The van der Waals surface area contributed by atoms with Crippen LogP contribution < -0.4 is 0 Å². The molecule has 3 aromatic carbocycles. The summed E-state index contributed by atoms with van der Waals surface area (Å²) in [5, 5.41) is 12.3. The maximum absolute atomic E-state index is 15.2. The lowest BCUT2D eigenvalue weighted by Crippen LogP contribution is -2.53. The second-order valence-electron chi connectivity index (χ2n) is 25.6. The van der Waals surface area contributed by atoms with Crippen LogP contribution in [-0.2, 0) is 28.4 Å². The minimum atomic E-state index is -2.34. The summed E-state index contributed by atoms with van der Waals surface area (Å²) in [4.78, 5) is 15.2. The van der Waals surface area contributed by atoms with Crippen molar-refractivity contribution in [3.63, 3.8) is 0 Å². The Morgan fingerprint density at radius 1 is 0.694 bits per heavy atom. The highest BCUT2D eigenvalue weighted by Crippen LogP contribution is 2.46. The van der Waals surface area contributed by atoms with Crippen LogP contribution in [0.5, 0.6) is 0 Å². The van der Waals surface area contributed by atoms with E-state index in [1.165, 1.54) is 11.1 Å². The predicted octanol–water partition coefficient (Wildman–Crippen LogP) is 17.8. The number of aliphatic hydroxyl groups excluding tert-OH is 1. The lowest BCUT2D eigenvalue weighted by molar-refractivity contribution is -0.142. The Kier molecular flexibility index (Phi) is 23.7. The number of ketones is 1. The van der Waals surface area contributed by atoms with Gasteiger partial charge in [0.05, 0.1) is 30.3 Å². The zero-order valence-electron chi connectivity index (χ0n) is 48.5. The molecule has 6 nitrogen and oxygen atoms in total. The van der Waals surface area contributed by atoms with Gasteiger partial charge in [0.1, 0.15) is 11.4 Å². The van der Waals surface area contributed by atoms with Gasteiger partial charge in [-0.05, 0) is 145 Å². The Morgan fingerprint density at radius 3 is 1.56 bits per heavy atom. The van der Waals surface area contributed by atoms with Crippen molar-refractivity contribution < 1.29 is 27.9 Å². The zero-order valence-corrected chi connectivity index (χ0v) is 53.7. The first-order valence-corrected chi connectivity index (χ1v) is 36.8. The second kappa shape index (κ2) is 26.7. The Hall–Kier alpha value is -2.27. The number of hydrogen-bond donors (Lipinski definition) is 1. The van der Waals surface area contributed by atoms with Crippen molar-refractivity contribution in [2.75, 3.05) is 13.2 Å². The van der Waals surface area contributed by atoms with Crippen molar-refractivity contribution in [3.05, 3.63) is 142 Å². The van der Waals surface area contributed by atoms with Crippen LogP contribution in [0.2, 0.25) is 54.4 Å². The summed E-state index contributed by atoms with van der Waals surface area (Å²) in [6.45, 7) is 47.4. The van der Waals surface area contributed by atoms with E-state index >= 15 is 4.79 Å². The average Bonchev–Trinajstić information content (AvgIpc) is 3.31. The van der Waals surface area contributed by atoms with E-state index in [0.29, 0.717) is 26.1 Å². The minimum absolute atomic E-state index is 0.0253. The van der Waals surface area contributed by atoms with Gasteiger partial charge < -0.3 is 23.1 Å². The number of benzene rings is 3. The molecule has 6 atom stereocenters. The van der Waals surface area contributed by atoms with Crippen molar-refractivity contribution in [1.29, 1.82) is 0 Å². The van der Waals surface area contributed by atoms with Crippen molar-refractivity contribution >= 4 is 53.3 Å². The summed E-state index contributed by atoms with van der Waals surface area (Å²) in [7, 11) is -6.51. The molecule has 1 N–H and O–H groups in total. The monoisotopic (exact) mass is 1150 g/mol. The molecule has 0 unspecified atom stereocenters. The Labute approximate surface area is 457 Å². The molecule has 72 heavy (non-hydrogen) atoms. The van der Waals surface area contributed by atoms with E-state index in [-0.39, 0.29) is 32.9 Å². The van der Waals surface area contributed by atoms with E-state index < -0.39 is 54.1 Å². The van der Waals surface area contributed by atoms with Crippen molar-refractivity contribution in [2.24, 2.45) is 17.3 Å². The van der Waals surface area contributed by atoms with Gasteiger partial charge in [-0.25, -0.2) is 0 Å². The quantitative estimate of drug-likeness (QED) is 0.0338. The maximum atomic E-state index is 15.2. The van der Waals surface area contributed by atoms with E-state index in [2.05, 4.69) is 246 Å². The first-order valence-electron chi connectivity index (χ1n) is 26.8. The van der Waals surface area contributed by atoms with Gasteiger partial charge in [-0.1, -0.05) is 202 Å². The van der Waals surface area contributed by atoms with Crippen LogP contribution >= 0.6 is 22.6 Å². The Balaban J connectivity index is 2.03. The van der Waals surface area contributed by atoms with Crippen LogP contribution in [0.15, 0.2) is 125 Å². The number of rotatable bonds is 28. The van der Waals surface area contributed by atoms with Crippen LogP contribution in [0.4, 0.5) is 0 Å². The molecule has 0 aliphatic heterocycles. The van der Waals surface area contributed by atoms with Gasteiger partial charge in [-0.3, -0.25) is 4.79 Å². The van der Waals surface area contributed by atoms with E-state index in [0.717, 1.165) is 42.4 Å². The largest absolute Gasteiger partial charge is 0.417 e. The third kappa shape index (κ3) is 16.6. The van der Waals surface area contributed by atoms with Gasteiger partial charge in [-0.15, -0.1) is 6.58 Å². The molecule has 0 fully saturated rings. The fraction of sp³-hybridized carbons (Fsp3) is 0.597. The molecule has 0 aliphatic rings. The third-order valence-corrected chi connectivity index (χ3v) is 31.5. The molecule has 0 heterocycles. The van der Waals surface area contributed by atoms with Gasteiger partial charge in [0.25, 0.3) is 0 Å². The van der Waals surface area contributed by atoms with Gasteiger partial charge in [0.2, 0.25) is 0 Å². The van der Waals surface area contributed by atoms with Crippen LogP contribution in [0.25, 0.3) is 0 Å². The van der Waals surface area contributed by atoms with E-state index in [4.69, 9.17) is 18.0 Å². The lowest BCUT2D eigenvalue weighted by Gasteiger charge is -2.46. The standard InChI is InChI=1S/C62H99IO6Si3/c1-21-43-61(14,55(69-72(19,20)60(11,12)13)42-44-67-70(15,16)58(5,6)7)57(65)49(4)56(64)47(2)32-31-33-50(40-41-54(48(3)45-63)68-71(17,18)59(8,9)10)46-66-62(51-34-25-22-26-35-51,52-36-27-23-28-37-52)53-38-29-24-30-39-53/h21-30,34-40,45,47,49,54-56,64H,1,31-33,41-44,46H2,2-20H3/b48-45+,50-40+/t47-,49+,54-,55-,56-,61+/m0/s1. The summed E-state index contributed by atoms with van der Waals surface area (Å²) >= 11 is 2.35. The van der Waals surface area contributed by atoms with Crippen LogP contribution in [0.3, 0.4) is 0 Å². The summed E-state index contributed by atoms with van der Waals surface area (Å²) in [5.41, 5.74) is 3.79. The summed E-state index contributed by atoms with van der Waals surface area (Å²) in [5.74, 6) is -0.733. The number of allylic oxidation sites excluding steroid dienone is 1. The van der Waals surface area contributed by atoms with E-state index in [9.17, 15) is 5.11 Å². The second-order valence-corrected chi connectivity index (χ2v) is 40.5. The number of Topliss-reactive ketones (excluding diaryl/α,β-unsaturated/α-hetero) is 1. The molecule has 0 saturated carbocycles. The molecule has 0 radical (unpaired) electrons. The van der Waals surface area contributed by atoms with E-state index in [1.807, 2.05) is 19.9 Å². The van der Waals surface area contributed by atoms with Gasteiger partial charge in [0, 0.05) is 12.5 Å². The summed E-state index contributed by atoms with van der Waals surface area (Å²) < 4.78 is 30.7. The normalized spacial score (nSPS) is 16.9. The molecule has 0 saturated heterocycles. The molecule has 3 rings (SSSR count). The van der Waals surface area contributed by atoms with Gasteiger partial charge >= 0.3 is 0 Å². The molecule has 402 valence electrons. The SMILES string of the molecule is C=CC[C@@](C)(C(=O)[C@H](C)[C@@H](O)[C@@H](C)CCC/C(=C\C[C@H](O[Si](C)(C)C(C)(C)C)/C(C)=C/I)COC(c1ccccc1)(c1ccccc1)c1ccccc1)[C@H](CCO[Si](C)(C)C(C)(C)C)O[Si](C)(C)C(C)(C)C. The third-order valence-electron chi connectivity index (χ3n) is 17.0. The number of halogens is 1. The topological polar surface area (TPSA) is 74.2 Å². The van der Waals surface area contributed by atoms with Crippen LogP contribution in [0, 0.1) is 17.3 Å². The van der Waals surface area contributed by atoms with Crippen LogP contribution in [0.1, 0.15) is 145 Å². The minimum Gasteiger partial charge on any atom is -0.417 e. The summed E-state index contributed by atoms with van der Waals surface area (Å²) in [6.07, 6.45) is 6.98. The molecule has 0 spiro atoms. The highest BCUT2D eigenvalue weighted by Gasteiger charge is 2.50. The predicted molar refractivity (Wildman–Crippen MR) is 324 cm³/mol. The number of carbonyl (C=O) groups is 1.